The van der Waals surface area contributed by atoms with Crippen molar-refractivity contribution < 1.29 is 9.90 Å². The minimum atomic E-state index is -0.392. The second-order valence-corrected chi connectivity index (χ2v) is 5.67. The Morgan fingerprint density at radius 3 is 3.28 bits per heavy atom. The Hall–Kier alpha value is -1.14. The van der Waals surface area contributed by atoms with Crippen LogP contribution >= 0.6 is 11.3 Å². The Bertz CT molecular complexity index is 408. The predicted molar refractivity (Wildman–Crippen MR) is 71.9 cm³/mol. The molecule has 100 valence electrons. The molecular formula is C12H19N3O2S. The number of aryl methyl sites for hydroxylation is 1. The van der Waals surface area contributed by atoms with Crippen molar-refractivity contribution in [3.8, 4) is 0 Å². The fourth-order valence-electron chi connectivity index (χ4n) is 2.04. The van der Waals surface area contributed by atoms with Crippen LogP contribution in [0.5, 0.6) is 0 Å². The number of likely N-dealkylation sites (tertiary alicyclic amines) is 1. The smallest absolute Gasteiger partial charge is 0.323 e. The Morgan fingerprint density at radius 1 is 1.72 bits per heavy atom. The van der Waals surface area contributed by atoms with E-state index in [0.29, 0.717) is 18.2 Å². The summed E-state index contributed by atoms with van der Waals surface area (Å²) < 4.78 is 0. The van der Waals surface area contributed by atoms with Gasteiger partial charge in [0.05, 0.1) is 6.10 Å². The monoisotopic (exact) mass is 269 g/mol. The minimum absolute atomic E-state index is 0.161. The van der Waals surface area contributed by atoms with Crippen molar-refractivity contribution in [2.45, 2.75) is 38.7 Å². The molecule has 2 heterocycles. The number of urea groups is 1. The van der Waals surface area contributed by atoms with Crippen molar-refractivity contribution in [1.82, 2.24) is 9.88 Å². The summed E-state index contributed by atoms with van der Waals surface area (Å²) in [6, 6.07) is -0.161. The average Bonchev–Trinajstić information content (AvgIpc) is 2.77. The van der Waals surface area contributed by atoms with Gasteiger partial charge in [0.15, 0.2) is 5.13 Å². The van der Waals surface area contributed by atoms with Crippen LogP contribution in [-0.2, 0) is 6.42 Å². The van der Waals surface area contributed by atoms with Crippen LogP contribution < -0.4 is 5.32 Å². The number of rotatable bonds is 3. The Labute approximate surface area is 111 Å². The molecule has 0 saturated carbocycles. The lowest BCUT2D eigenvalue weighted by Gasteiger charge is -2.29. The highest BCUT2D eigenvalue weighted by molar-refractivity contribution is 7.15. The summed E-state index contributed by atoms with van der Waals surface area (Å²) in [4.78, 5) is 19.0. The van der Waals surface area contributed by atoms with Crippen LogP contribution in [0.25, 0.3) is 0 Å². The van der Waals surface area contributed by atoms with E-state index in [1.807, 2.05) is 6.20 Å². The summed E-state index contributed by atoms with van der Waals surface area (Å²) in [6.07, 6.45) is 5.13. The van der Waals surface area contributed by atoms with Gasteiger partial charge < -0.3 is 10.0 Å². The number of carbonyl (C=O) groups is 1. The number of piperidine rings is 1. The lowest BCUT2D eigenvalue weighted by atomic mass is 10.1. The van der Waals surface area contributed by atoms with Gasteiger partial charge in [-0.3, -0.25) is 5.32 Å². The first kappa shape index (κ1) is 13.3. The van der Waals surface area contributed by atoms with Gasteiger partial charge in [-0.1, -0.05) is 13.3 Å². The third-order valence-corrected chi connectivity index (χ3v) is 3.92. The van der Waals surface area contributed by atoms with Gasteiger partial charge in [-0.05, 0) is 19.3 Å². The predicted octanol–water partition coefficient (Wildman–Crippen LogP) is 2.08. The van der Waals surface area contributed by atoms with Crippen molar-refractivity contribution >= 4 is 22.5 Å². The number of aromatic nitrogens is 1. The van der Waals surface area contributed by atoms with E-state index in [2.05, 4.69) is 17.2 Å². The molecule has 1 atom stereocenters. The normalized spacial score (nSPS) is 19.9. The first-order valence-corrected chi connectivity index (χ1v) is 7.19. The maximum Gasteiger partial charge on any atom is 0.323 e. The molecule has 1 aliphatic heterocycles. The van der Waals surface area contributed by atoms with Gasteiger partial charge >= 0.3 is 6.03 Å². The van der Waals surface area contributed by atoms with E-state index in [-0.39, 0.29) is 6.03 Å². The summed E-state index contributed by atoms with van der Waals surface area (Å²) in [5.74, 6) is 0. The van der Waals surface area contributed by atoms with Crippen molar-refractivity contribution in [1.29, 1.82) is 0 Å². The molecule has 6 heteroatoms. The van der Waals surface area contributed by atoms with Crippen LogP contribution in [0.2, 0.25) is 0 Å². The van der Waals surface area contributed by atoms with E-state index >= 15 is 0 Å². The van der Waals surface area contributed by atoms with E-state index < -0.39 is 6.10 Å². The first-order chi connectivity index (χ1) is 8.69. The largest absolute Gasteiger partial charge is 0.391 e. The number of thiazole rings is 1. The SMILES string of the molecule is CCCc1cnc(NC(=O)N2CCCC(O)C2)s1. The van der Waals surface area contributed by atoms with E-state index in [4.69, 9.17) is 0 Å². The van der Waals surface area contributed by atoms with E-state index in [1.165, 1.54) is 16.2 Å². The quantitative estimate of drug-likeness (QED) is 0.883. The van der Waals surface area contributed by atoms with Gasteiger partial charge in [0.2, 0.25) is 0 Å². The number of amides is 2. The number of anilines is 1. The second kappa shape index (κ2) is 6.15. The molecule has 1 unspecified atom stereocenters. The number of hydrogen-bond donors (Lipinski definition) is 2. The number of aliphatic hydroxyl groups excluding tert-OH is 1. The van der Waals surface area contributed by atoms with Crippen molar-refractivity contribution in [3.05, 3.63) is 11.1 Å². The third-order valence-electron chi connectivity index (χ3n) is 2.95. The molecule has 0 aliphatic carbocycles. The maximum atomic E-state index is 12.0. The molecule has 2 rings (SSSR count). The topological polar surface area (TPSA) is 65.5 Å². The van der Waals surface area contributed by atoms with E-state index in [0.717, 1.165) is 25.7 Å². The van der Waals surface area contributed by atoms with Crippen LogP contribution in [-0.4, -0.2) is 40.2 Å². The van der Waals surface area contributed by atoms with Crippen LogP contribution in [0, 0.1) is 0 Å². The Morgan fingerprint density at radius 2 is 2.56 bits per heavy atom. The van der Waals surface area contributed by atoms with Crippen molar-refractivity contribution in [3.63, 3.8) is 0 Å². The number of carbonyl (C=O) groups excluding carboxylic acids is 1. The number of nitrogens with zero attached hydrogens (tertiary/aromatic N) is 2. The summed E-state index contributed by atoms with van der Waals surface area (Å²) in [7, 11) is 0. The Balaban J connectivity index is 1.89. The van der Waals surface area contributed by atoms with Crippen LogP contribution in [0.1, 0.15) is 31.1 Å². The average molecular weight is 269 g/mol. The molecule has 0 bridgehead atoms. The summed E-state index contributed by atoms with van der Waals surface area (Å²) in [5, 5.41) is 13.0. The van der Waals surface area contributed by atoms with E-state index in [1.54, 1.807) is 4.90 Å². The highest BCUT2D eigenvalue weighted by Crippen LogP contribution is 2.20. The summed E-state index contributed by atoms with van der Waals surface area (Å²) in [5.41, 5.74) is 0. The highest BCUT2D eigenvalue weighted by atomic mass is 32.1. The molecule has 18 heavy (non-hydrogen) atoms. The van der Waals surface area contributed by atoms with Gasteiger partial charge in [-0.2, -0.15) is 0 Å². The molecule has 2 amide bonds. The zero-order chi connectivity index (χ0) is 13.0. The number of β-amino-alcohol motifs (C(OH)–C–C–N with tert-alkyl or cyclic N) is 1. The van der Waals surface area contributed by atoms with Gasteiger partial charge in [-0.25, -0.2) is 9.78 Å². The molecule has 1 aliphatic rings. The molecule has 0 spiro atoms. The lowest BCUT2D eigenvalue weighted by molar-refractivity contribution is 0.0883. The molecule has 1 aromatic heterocycles. The molecular weight excluding hydrogens is 250 g/mol. The third kappa shape index (κ3) is 3.43. The van der Waals surface area contributed by atoms with Gasteiger partial charge in [0.25, 0.3) is 0 Å². The fraction of sp³-hybridized carbons (Fsp3) is 0.667. The van der Waals surface area contributed by atoms with Crippen molar-refractivity contribution in [2.75, 3.05) is 18.4 Å². The number of hydrogen-bond acceptors (Lipinski definition) is 4. The maximum absolute atomic E-state index is 12.0. The van der Waals surface area contributed by atoms with Gasteiger partial charge in [0, 0.05) is 24.2 Å². The fourth-order valence-corrected chi connectivity index (χ4v) is 2.94. The standard InChI is InChI=1S/C12H19N3O2S/c1-2-4-10-7-13-11(18-10)14-12(17)15-6-3-5-9(16)8-15/h7,9,16H,2-6,8H2,1H3,(H,13,14,17). The number of nitrogens with one attached hydrogen (secondary N) is 1. The summed E-state index contributed by atoms with van der Waals surface area (Å²) >= 11 is 1.52. The molecule has 2 N–H and O–H groups in total. The van der Waals surface area contributed by atoms with Crippen LogP contribution in [0.4, 0.5) is 9.93 Å². The molecule has 1 fully saturated rings. The minimum Gasteiger partial charge on any atom is -0.391 e. The van der Waals surface area contributed by atoms with Crippen LogP contribution in [0.3, 0.4) is 0 Å². The number of aliphatic hydroxyl groups is 1. The lowest BCUT2D eigenvalue weighted by Crippen LogP contribution is -2.44. The summed E-state index contributed by atoms with van der Waals surface area (Å²) in [6.45, 7) is 3.24. The van der Waals surface area contributed by atoms with E-state index in [9.17, 15) is 9.90 Å². The highest BCUT2D eigenvalue weighted by Gasteiger charge is 2.22. The first-order valence-electron chi connectivity index (χ1n) is 6.37. The zero-order valence-corrected chi connectivity index (χ0v) is 11.4. The molecule has 1 aromatic rings. The Kier molecular flexibility index (Phi) is 4.54. The molecule has 0 radical (unpaired) electrons. The second-order valence-electron chi connectivity index (χ2n) is 4.55. The van der Waals surface area contributed by atoms with Gasteiger partial charge in [0.1, 0.15) is 0 Å². The van der Waals surface area contributed by atoms with Crippen LogP contribution in [0.15, 0.2) is 6.20 Å². The molecule has 1 saturated heterocycles. The zero-order valence-electron chi connectivity index (χ0n) is 10.6. The van der Waals surface area contributed by atoms with Crippen molar-refractivity contribution in [2.24, 2.45) is 0 Å². The molecule has 0 aromatic carbocycles. The van der Waals surface area contributed by atoms with Gasteiger partial charge in [-0.15, -0.1) is 11.3 Å². The molecule has 5 nitrogen and oxygen atoms in total.